The fraction of sp³-hybridized carbons (Fsp3) is 0.148. The van der Waals surface area contributed by atoms with Crippen molar-refractivity contribution in [2.75, 3.05) is 13.7 Å². The highest BCUT2D eigenvalue weighted by molar-refractivity contribution is 7.13. The van der Waals surface area contributed by atoms with Gasteiger partial charge in [-0.2, -0.15) is 0 Å². The molecule has 0 radical (unpaired) electrons. The number of aromatic nitrogens is 3. The molecule has 0 saturated heterocycles. The number of rotatable bonds is 8. The second-order valence-electron chi connectivity index (χ2n) is 7.98. The summed E-state index contributed by atoms with van der Waals surface area (Å²) in [7, 11) is 1.66. The fourth-order valence-corrected chi connectivity index (χ4v) is 4.89. The van der Waals surface area contributed by atoms with Crippen molar-refractivity contribution in [1.82, 2.24) is 20.3 Å². The van der Waals surface area contributed by atoms with Crippen LogP contribution in [0.2, 0.25) is 0 Å². The summed E-state index contributed by atoms with van der Waals surface area (Å²) in [4.78, 5) is 25.0. The van der Waals surface area contributed by atoms with E-state index >= 15 is 0 Å². The molecule has 5 rings (SSSR count). The Kier molecular flexibility index (Phi) is 6.35. The largest absolute Gasteiger partial charge is 0.497 e. The predicted molar refractivity (Wildman–Crippen MR) is 135 cm³/mol. The van der Waals surface area contributed by atoms with Gasteiger partial charge in [0.1, 0.15) is 10.8 Å². The quantitative estimate of drug-likeness (QED) is 0.329. The van der Waals surface area contributed by atoms with Crippen LogP contribution in [0.5, 0.6) is 5.75 Å². The van der Waals surface area contributed by atoms with Crippen LogP contribution in [0, 0.1) is 0 Å². The van der Waals surface area contributed by atoms with E-state index in [1.807, 2.05) is 48.0 Å². The summed E-state index contributed by atoms with van der Waals surface area (Å²) in [6.45, 7) is 0.479. The SMILES string of the molecule is COc1ccc(C(CNC(=O)Cc2csc(-c3cccnc3)n2)c2c[nH]c3ccccc23)cc1. The number of methoxy groups -OCH3 is 1. The van der Waals surface area contributed by atoms with Crippen LogP contribution in [0.3, 0.4) is 0 Å². The molecule has 170 valence electrons. The molecule has 0 bridgehead atoms. The topological polar surface area (TPSA) is 79.9 Å². The van der Waals surface area contributed by atoms with Crippen molar-refractivity contribution >= 4 is 28.1 Å². The van der Waals surface area contributed by atoms with E-state index in [2.05, 4.69) is 44.5 Å². The molecule has 0 spiro atoms. The highest BCUT2D eigenvalue weighted by Gasteiger charge is 2.20. The van der Waals surface area contributed by atoms with Gasteiger partial charge in [0.25, 0.3) is 0 Å². The molecule has 7 heteroatoms. The number of thiazole rings is 1. The van der Waals surface area contributed by atoms with E-state index in [1.54, 1.807) is 19.5 Å². The lowest BCUT2D eigenvalue weighted by Gasteiger charge is -2.18. The summed E-state index contributed by atoms with van der Waals surface area (Å²) in [6.07, 6.45) is 5.79. The Morgan fingerprint density at radius 1 is 1.12 bits per heavy atom. The standard InChI is InChI=1S/C27H24N4O2S/c1-33-21-10-8-18(9-11-21)23(24-16-29-25-7-3-2-6-22(24)25)15-30-26(32)13-20-17-34-27(31-20)19-5-4-12-28-14-19/h2-12,14,16-17,23,29H,13,15H2,1H3,(H,30,32). The van der Waals surface area contributed by atoms with Crippen LogP contribution in [-0.2, 0) is 11.2 Å². The van der Waals surface area contributed by atoms with Crippen molar-refractivity contribution in [3.63, 3.8) is 0 Å². The van der Waals surface area contributed by atoms with Gasteiger partial charge in [0.2, 0.25) is 5.91 Å². The summed E-state index contributed by atoms with van der Waals surface area (Å²) in [5.74, 6) is 0.743. The zero-order valence-corrected chi connectivity index (χ0v) is 19.5. The molecule has 1 atom stereocenters. The zero-order valence-electron chi connectivity index (χ0n) is 18.7. The Morgan fingerprint density at radius 3 is 2.76 bits per heavy atom. The summed E-state index contributed by atoms with van der Waals surface area (Å²) in [5, 5.41) is 7.08. The monoisotopic (exact) mass is 468 g/mol. The highest BCUT2D eigenvalue weighted by Crippen LogP contribution is 2.31. The van der Waals surface area contributed by atoms with E-state index < -0.39 is 0 Å². The molecular formula is C27H24N4O2S. The minimum Gasteiger partial charge on any atom is -0.497 e. The van der Waals surface area contributed by atoms with Gasteiger partial charge in [-0.1, -0.05) is 30.3 Å². The molecule has 6 nitrogen and oxygen atoms in total. The molecule has 3 aromatic heterocycles. The summed E-state index contributed by atoms with van der Waals surface area (Å²) in [5.41, 5.74) is 5.05. The number of ether oxygens (including phenoxy) is 1. The second-order valence-corrected chi connectivity index (χ2v) is 8.84. The van der Waals surface area contributed by atoms with Crippen LogP contribution >= 0.6 is 11.3 Å². The van der Waals surface area contributed by atoms with Crippen LogP contribution < -0.4 is 10.1 Å². The molecule has 3 heterocycles. The number of hydrogen-bond donors (Lipinski definition) is 2. The smallest absolute Gasteiger partial charge is 0.226 e. The molecule has 34 heavy (non-hydrogen) atoms. The number of fused-ring (bicyclic) bond motifs is 1. The van der Waals surface area contributed by atoms with E-state index in [9.17, 15) is 4.79 Å². The summed E-state index contributed by atoms with van der Waals surface area (Å²) in [6, 6.07) is 20.1. The lowest BCUT2D eigenvalue weighted by Crippen LogP contribution is -2.30. The number of nitrogens with zero attached hydrogens (tertiary/aromatic N) is 2. The first kappa shape index (κ1) is 21.9. The molecule has 0 fully saturated rings. The second kappa shape index (κ2) is 9.89. The van der Waals surface area contributed by atoms with Crippen molar-refractivity contribution in [3.05, 3.63) is 101 Å². The number of carbonyl (C=O) groups is 1. The van der Waals surface area contributed by atoms with Crippen LogP contribution in [0.1, 0.15) is 22.7 Å². The Bertz CT molecular complexity index is 1390. The lowest BCUT2D eigenvalue weighted by atomic mass is 9.90. The van der Waals surface area contributed by atoms with E-state index in [-0.39, 0.29) is 18.2 Å². The number of hydrogen-bond acceptors (Lipinski definition) is 5. The Hall–Kier alpha value is -3.97. The van der Waals surface area contributed by atoms with Crippen LogP contribution in [0.25, 0.3) is 21.5 Å². The molecule has 0 saturated carbocycles. The Labute approximate surface area is 201 Å². The predicted octanol–water partition coefficient (Wildman–Crippen LogP) is 5.19. The number of para-hydroxylation sites is 1. The number of pyridine rings is 1. The number of carbonyl (C=O) groups excluding carboxylic acids is 1. The van der Waals surface area contributed by atoms with E-state index in [4.69, 9.17) is 4.74 Å². The van der Waals surface area contributed by atoms with Crippen molar-refractivity contribution < 1.29 is 9.53 Å². The highest BCUT2D eigenvalue weighted by atomic mass is 32.1. The van der Waals surface area contributed by atoms with Crippen molar-refractivity contribution in [1.29, 1.82) is 0 Å². The van der Waals surface area contributed by atoms with Crippen LogP contribution in [-0.4, -0.2) is 34.5 Å². The van der Waals surface area contributed by atoms with Gasteiger partial charge in [-0.05, 0) is 41.5 Å². The Balaban J connectivity index is 1.33. The number of benzene rings is 2. The molecule has 0 aliphatic carbocycles. The normalized spacial score (nSPS) is 11.9. The molecule has 1 unspecified atom stereocenters. The van der Waals surface area contributed by atoms with E-state index in [0.717, 1.165) is 44.0 Å². The third-order valence-electron chi connectivity index (χ3n) is 5.82. The van der Waals surface area contributed by atoms with Gasteiger partial charge < -0.3 is 15.0 Å². The zero-order chi connectivity index (χ0) is 23.3. The van der Waals surface area contributed by atoms with Gasteiger partial charge in [-0.25, -0.2) is 4.98 Å². The van der Waals surface area contributed by atoms with Gasteiger partial charge >= 0.3 is 0 Å². The first-order valence-electron chi connectivity index (χ1n) is 11.0. The average molecular weight is 469 g/mol. The van der Waals surface area contributed by atoms with Gasteiger partial charge in [-0.3, -0.25) is 9.78 Å². The third-order valence-corrected chi connectivity index (χ3v) is 6.76. The Morgan fingerprint density at radius 2 is 1.97 bits per heavy atom. The fourth-order valence-electron chi connectivity index (χ4n) is 4.08. The first-order valence-corrected chi connectivity index (χ1v) is 11.9. The lowest BCUT2D eigenvalue weighted by molar-refractivity contribution is -0.120. The minimum absolute atomic E-state index is 0.00704. The third kappa shape index (κ3) is 4.70. The molecule has 0 aliphatic rings. The summed E-state index contributed by atoms with van der Waals surface area (Å²) >= 11 is 1.52. The van der Waals surface area contributed by atoms with Gasteiger partial charge in [0.15, 0.2) is 0 Å². The van der Waals surface area contributed by atoms with Crippen molar-refractivity contribution in [3.8, 4) is 16.3 Å². The number of nitrogens with one attached hydrogen (secondary N) is 2. The average Bonchev–Trinajstić information content (AvgIpc) is 3.53. The van der Waals surface area contributed by atoms with Crippen LogP contribution in [0.4, 0.5) is 0 Å². The maximum absolute atomic E-state index is 12.8. The maximum atomic E-state index is 12.8. The molecule has 2 N–H and O–H groups in total. The van der Waals surface area contributed by atoms with E-state index in [0.29, 0.717) is 6.54 Å². The van der Waals surface area contributed by atoms with Gasteiger partial charge in [0, 0.05) is 52.9 Å². The van der Waals surface area contributed by atoms with Gasteiger partial charge in [0.05, 0.1) is 19.2 Å². The van der Waals surface area contributed by atoms with Gasteiger partial charge in [-0.15, -0.1) is 11.3 Å². The molecule has 0 aliphatic heterocycles. The first-order chi connectivity index (χ1) is 16.7. The molecule has 1 amide bonds. The maximum Gasteiger partial charge on any atom is 0.226 e. The minimum atomic E-state index is -0.0543. The van der Waals surface area contributed by atoms with Crippen molar-refractivity contribution in [2.45, 2.75) is 12.3 Å². The number of amides is 1. The molecular weight excluding hydrogens is 444 g/mol. The van der Waals surface area contributed by atoms with Crippen LogP contribution in [0.15, 0.2) is 84.6 Å². The van der Waals surface area contributed by atoms with E-state index in [1.165, 1.54) is 11.3 Å². The van der Waals surface area contributed by atoms with Crippen molar-refractivity contribution in [2.24, 2.45) is 0 Å². The molecule has 2 aromatic carbocycles. The summed E-state index contributed by atoms with van der Waals surface area (Å²) < 4.78 is 5.32. The molecule has 5 aromatic rings. The number of aromatic amines is 1. The number of H-pyrrole nitrogens is 1.